The molecular formula is C23H30N4O2. The van der Waals surface area contributed by atoms with Crippen LogP contribution in [0.2, 0.25) is 0 Å². The molecule has 0 radical (unpaired) electrons. The van der Waals surface area contributed by atoms with Crippen LogP contribution in [-0.4, -0.2) is 42.4 Å². The fraction of sp³-hybridized carbons (Fsp3) is 0.391. The van der Waals surface area contributed by atoms with Gasteiger partial charge in [-0.15, -0.1) is 0 Å². The summed E-state index contributed by atoms with van der Waals surface area (Å²) < 4.78 is 0. The third-order valence-electron chi connectivity index (χ3n) is 5.50. The molecule has 0 bridgehead atoms. The first-order valence-corrected chi connectivity index (χ1v) is 10.2. The average molecular weight is 395 g/mol. The lowest BCUT2D eigenvalue weighted by molar-refractivity contribution is -0.126. The first-order chi connectivity index (χ1) is 14.0. The molecule has 1 fully saturated rings. The molecule has 0 aliphatic carbocycles. The minimum Gasteiger partial charge on any atom is -0.353 e. The van der Waals surface area contributed by atoms with Gasteiger partial charge in [0.05, 0.1) is 12.5 Å². The molecule has 6 nitrogen and oxygen atoms in total. The van der Waals surface area contributed by atoms with E-state index in [0.717, 1.165) is 37.2 Å². The Labute approximate surface area is 172 Å². The molecule has 1 aliphatic heterocycles. The van der Waals surface area contributed by atoms with E-state index in [1.807, 2.05) is 67.6 Å². The number of piperidine rings is 1. The largest absolute Gasteiger partial charge is 0.353 e. The number of amides is 2. The number of carbonyl (C=O) groups is 2. The van der Waals surface area contributed by atoms with E-state index in [1.54, 1.807) is 0 Å². The van der Waals surface area contributed by atoms with Gasteiger partial charge >= 0.3 is 0 Å². The molecule has 154 valence electrons. The Morgan fingerprint density at radius 3 is 2.24 bits per heavy atom. The number of hydrogen-bond donors (Lipinski definition) is 3. The van der Waals surface area contributed by atoms with Crippen molar-refractivity contribution in [1.29, 1.82) is 0 Å². The summed E-state index contributed by atoms with van der Waals surface area (Å²) in [5.74, 6) is -0.324. The van der Waals surface area contributed by atoms with Gasteiger partial charge in [-0.25, -0.2) is 0 Å². The Hall–Kier alpha value is -2.70. The Morgan fingerprint density at radius 2 is 1.62 bits per heavy atom. The van der Waals surface area contributed by atoms with Crippen molar-refractivity contribution in [3.63, 3.8) is 0 Å². The summed E-state index contributed by atoms with van der Waals surface area (Å²) in [7, 11) is 0. The fourth-order valence-electron chi connectivity index (χ4n) is 3.62. The van der Waals surface area contributed by atoms with E-state index in [9.17, 15) is 9.59 Å². The number of likely N-dealkylation sites (tertiary alicyclic amines) is 1. The van der Waals surface area contributed by atoms with E-state index in [0.29, 0.717) is 6.54 Å². The molecule has 4 N–H and O–H groups in total. The third-order valence-corrected chi connectivity index (χ3v) is 5.50. The van der Waals surface area contributed by atoms with E-state index in [2.05, 4.69) is 15.5 Å². The van der Waals surface area contributed by atoms with Crippen molar-refractivity contribution < 1.29 is 9.59 Å². The van der Waals surface area contributed by atoms with E-state index in [1.165, 1.54) is 0 Å². The van der Waals surface area contributed by atoms with Gasteiger partial charge in [0, 0.05) is 30.9 Å². The first-order valence-electron chi connectivity index (χ1n) is 10.2. The van der Waals surface area contributed by atoms with Gasteiger partial charge in [0.1, 0.15) is 0 Å². The molecule has 6 heteroatoms. The van der Waals surface area contributed by atoms with E-state index >= 15 is 0 Å². The molecule has 2 atom stereocenters. The summed E-state index contributed by atoms with van der Waals surface area (Å²) >= 11 is 0. The van der Waals surface area contributed by atoms with Crippen LogP contribution in [0.25, 0.3) is 0 Å². The van der Waals surface area contributed by atoms with Gasteiger partial charge in [0.15, 0.2) is 0 Å². The van der Waals surface area contributed by atoms with Gasteiger partial charge in [0.2, 0.25) is 11.8 Å². The molecule has 29 heavy (non-hydrogen) atoms. The van der Waals surface area contributed by atoms with Crippen molar-refractivity contribution in [3.05, 3.63) is 66.2 Å². The number of nitrogens with one attached hydrogen (secondary N) is 2. The molecule has 1 saturated heterocycles. The summed E-state index contributed by atoms with van der Waals surface area (Å²) in [6.07, 6.45) is 1.66. The van der Waals surface area contributed by atoms with E-state index < -0.39 is 0 Å². The van der Waals surface area contributed by atoms with Crippen LogP contribution in [0, 0.1) is 5.92 Å². The number of para-hydroxylation sites is 1. The van der Waals surface area contributed by atoms with Crippen molar-refractivity contribution in [2.45, 2.75) is 31.8 Å². The van der Waals surface area contributed by atoms with Gasteiger partial charge in [0.25, 0.3) is 0 Å². The standard InChI is InChI=1S/C23H30N4O2/c1-17(22(24)18-8-4-2-5-9-18)23(29)26-20-12-14-27(15-13-20)16-21(28)25-19-10-6-3-7-11-19/h2-11,17,20,22H,12-16,24H2,1H3,(H,25,28)(H,26,29). The molecule has 2 aromatic carbocycles. The Balaban J connectivity index is 1.41. The fourth-order valence-corrected chi connectivity index (χ4v) is 3.62. The van der Waals surface area contributed by atoms with Crippen LogP contribution in [0.4, 0.5) is 5.69 Å². The maximum Gasteiger partial charge on any atom is 0.238 e. The number of rotatable bonds is 7. The second kappa shape index (κ2) is 10.2. The van der Waals surface area contributed by atoms with Gasteiger partial charge in [-0.3, -0.25) is 14.5 Å². The molecule has 2 amide bonds. The minimum absolute atomic E-state index is 0.0124. The van der Waals surface area contributed by atoms with Crippen LogP contribution >= 0.6 is 0 Å². The smallest absolute Gasteiger partial charge is 0.238 e. The maximum atomic E-state index is 12.6. The zero-order valence-corrected chi connectivity index (χ0v) is 16.9. The van der Waals surface area contributed by atoms with Crippen LogP contribution in [0.5, 0.6) is 0 Å². The van der Waals surface area contributed by atoms with Gasteiger partial charge in [-0.2, -0.15) is 0 Å². The highest BCUT2D eigenvalue weighted by molar-refractivity contribution is 5.92. The molecule has 0 spiro atoms. The highest BCUT2D eigenvalue weighted by Crippen LogP contribution is 2.20. The normalized spacial score (nSPS) is 17.3. The SMILES string of the molecule is CC(C(=O)NC1CCN(CC(=O)Nc2ccccc2)CC1)C(N)c1ccccc1. The zero-order chi connectivity index (χ0) is 20.6. The van der Waals surface area contributed by atoms with Crippen LogP contribution in [0.3, 0.4) is 0 Å². The van der Waals surface area contributed by atoms with Crippen molar-refractivity contribution in [1.82, 2.24) is 10.2 Å². The number of anilines is 1. The zero-order valence-electron chi connectivity index (χ0n) is 16.9. The number of carbonyl (C=O) groups excluding carboxylic acids is 2. The monoisotopic (exact) mass is 394 g/mol. The van der Waals surface area contributed by atoms with Crippen molar-refractivity contribution in [2.24, 2.45) is 11.7 Å². The molecule has 1 heterocycles. The maximum absolute atomic E-state index is 12.6. The number of nitrogens with two attached hydrogens (primary N) is 1. The Bertz CT molecular complexity index is 789. The lowest BCUT2D eigenvalue weighted by Crippen LogP contribution is -2.48. The Morgan fingerprint density at radius 1 is 1.03 bits per heavy atom. The highest BCUT2D eigenvalue weighted by atomic mass is 16.2. The molecule has 3 rings (SSSR count). The van der Waals surface area contributed by atoms with Crippen LogP contribution in [0.1, 0.15) is 31.4 Å². The summed E-state index contributed by atoms with van der Waals surface area (Å²) in [5, 5.41) is 6.05. The second-order valence-electron chi connectivity index (χ2n) is 7.70. The summed E-state index contributed by atoms with van der Waals surface area (Å²) in [5.41, 5.74) is 8.05. The highest BCUT2D eigenvalue weighted by Gasteiger charge is 2.26. The molecule has 0 saturated carbocycles. The number of nitrogens with zero attached hydrogens (tertiary/aromatic N) is 1. The summed E-state index contributed by atoms with van der Waals surface area (Å²) in [4.78, 5) is 26.9. The summed E-state index contributed by atoms with van der Waals surface area (Å²) in [6, 6.07) is 19.0. The molecule has 1 aliphatic rings. The number of benzene rings is 2. The van der Waals surface area contributed by atoms with E-state index in [-0.39, 0.29) is 29.8 Å². The lowest BCUT2D eigenvalue weighted by Gasteiger charge is -2.33. The second-order valence-corrected chi connectivity index (χ2v) is 7.70. The molecule has 2 unspecified atom stereocenters. The van der Waals surface area contributed by atoms with Crippen LogP contribution in [-0.2, 0) is 9.59 Å². The molecule has 0 aromatic heterocycles. The van der Waals surface area contributed by atoms with Gasteiger partial charge in [-0.05, 0) is 30.5 Å². The van der Waals surface area contributed by atoms with Crippen molar-refractivity contribution >= 4 is 17.5 Å². The quantitative estimate of drug-likeness (QED) is 0.673. The Kier molecular flexibility index (Phi) is 7.38. The van der Waals surface area contributed by atoms with E-state index in [4.69, 9.17) is 5.73 Å². The van der Waals surface area contributed by atoms with Crippen molar-refractivity contribution in [2.75, 3.05) is 25.0 Å². The predicted octanol–water partition coefficient (Wildman–Crippen LogP) is 2.54. The lowest BCUT2D eigenvalue weighted by atomic mass is 9.94. The topological polar surface area (TPSA) is 87.5 Å². The minimum atomic E-state index is -0.321. The third kappa shape index (κ3) is 6.14. The summed E-state index contributed by atoms with van der Waals surface area (Å²) in [6.45, 7) is 3.81. The first kappa shape index (κ1) is 21.0. The number of hydrogen-bond acceptors (Lipinski definition) is 4. The van der Waals surface area contributed by atoms with Crippen LogP contribution in [0.15, 0.2) is 60.7 Å². The molecular weight excluding hydrogens is 364 g/mol. The van der Waals surface area contributed by atoms with Crippen molar-refractivity contribution in [3.8, 4) is 0 Å². The van der Waals surface area contributed by atoms with Gasteiger partial charge in [-0.1, -0.05) is 55.5 Å². The average Bonchev–Trinajstić information content (AvgIpc) is 2.75. The predicted molar refractivity (Wildman–Crippen MR) is 115 cm³/mol. The van der Waals surface area contributed by atoms with Crippen LogP contribution < -0.4 is 16.4 Å². The van der Waals surface area contributed by atoms with Gasteiger partial charge < -0.3 is 16.4 Å². The molecule has 2 aromatic rings.